The Morgan fingerprint density at radius 2 is 1.02 bits per heavy atom. The fourth-order valence-electron chi connectivity index (χ4n) is 7.83. The molecule has 6 heteroatoms. The van der Waals surface area contributed by atoms with Gasteiger partial charge in [0.05, 0.1) is 22.1 Å². The highest BCUT2D eigenvalue weighted by Gasteiger charge is 2.21. The number of para-hydroxylation sites is 3. The van der Waals surface area contributed by atoms with Gasteiger partial charge in [-0.25, -0.2) is 9.97 Å². The molecular formula is C44H26N6. The van der Waals surface area contributed by atoms with Crippen molar-refractivity contribution in [2.24, 2.45) is 0 Å². The van der Waals surface area contributed by atoms with Gasteiger partial charge < -0.3 is 0 Å². The van der Waals surface area contributed by atoms with Crippen molar-refractivity contribution in [1.29, 1.82) is 0 Å². The third kappa shape index (κ3) is 3.78. The maximum atomic E-state index is 5.25. The predicted molar refractivity (Wildman–Crippen MR) is 203 cm³/mol. The number of pyridine rings is 1. The van der Waals surface area contributed by atoms with Crippen molar-refractivity contribution in [3.05, 3.63) is 158 Å². The van der Waals surface area contributed by atoms with Crippen LogP contribution in [-0.2, 0) is 0 Å². The maximum Gasteiger partial charge on any atom is 0.238 e. The quantitative estimate of drug-likeness (QED) is 0.192. The van der Waals surface area contributed by atoms with E-state index < -0.39 is 0 Å². The molecule has 11 aromatic rings. The number of nitrogens with zero attached hydrogens (tertiary/aromatic N) is 6. The van der Waals surface area contributed by atoms with Crippen molar-refractivity contribution in [3.8, 4) is 39.9 Å². The minimum Gasteiger partial charge on any atom is -0.293 e. The Morgan fingerprint density at radius 3 is 1.82 bits per heavy atom. The first-order valence-electron chi connectivity index (χ1n) is 16.7. The van der Waals surface area contributed by atoms with Crippen LogP contribution in [-0.4, -0.2) is 28.9 Å². The molecule has 0 atom stereocenters. The molecule has 0 amide bonds. The van der Waals surface area contributed by atoms with Crippen molar-refractivity contribution in [2.75, 3.05) is 0 Å². The second kappa shape index (κ2) is 10.3. The molecule has 5 aromatic heterocycles. The second-order valence-electron chi connectivity index (χ2n) is 12.7. The third-order valence-electron chi connectivity index (χ3n) is 9.99. The highest BCUT2D eigenvalue weighted by atomic mass is 15.2. The lowest BCUT2D eigenvalue weighted by Gasteiger charge is -2.13. The third-order valence-corrected chi connectivity index (χ3v) is 9.99. The normalized spacial score (nSPS) is 12.0. The average Bonchev–Trinajstić information content (AvgIpc) is 3.83. The minimum atomic E-state index is 0.581. The van der Waals surface area contributed by atoms with Crippen LogP contribution in [0, 0.1) is 0 Å². The monoisotopic (exact) mass is 638 g/mol. The number of benzene rings is 6. The summed E-state index contributed by atoms with van der Waals surface area (Å²) in [5.41, 5.74) is 9.41. The van der Waals surface area contributed by atoms with E-state index in [4.69, 9.17) is 19.9 Å². The Labute approximate surface area is 285 Å². The zero-order valence-corrected chi connectivity index (χ0v) is 26.7. The van der Waals surface area contributed by atoms with Gasteiger partial charge in [0.1, 0.15) is 5.65 Å². The molecule has 0 radical (unpaired) electrons. The van der Waals surface area contributed by atoms with Crippen LogP contribution >= 0.6 is 0 Å². The van der Waals surface area contributed by atoms with Crippen LogP contribution in [0.5, 0.6) is 0 Å². The van der Waals surface area contributed by atoms with Gasteiger partial charge >= 0.3 is 0 Å². The average molecular weight is 639 g/mol. The van der Waals surface area contributed by atoms with Crippen LogP contribution in [0.2, 0.25) is 0 Å². The molecule has 0 bridgehead atoms. The van der Waals surface area contributed by atoms with Crippen LogP contribution < -0.4 is 0 Å². The van der Waals surface area contributed by atoms with E-state index in [0.29, 0.717) is 17.6 Å². The summed E-state index contributed by atoms with van der Waals surface area (Å²) >= 11 is 0. The van der Waals surface area contributed by atoms with Gasteiger partial charge in [0, 0.05) is 49.6 Å². The molecule has 0 aliphatic carbocycles. The van der Waals surface area contributed by atoms with Gasteiger partial charge in [0.15, 0.2) is 11.6 Å². The summed E-state index contributed by atoms with van der Waals surface area (Å²) in [4.78, 5) is 20.4. The van der Waals surface area contributed by atoms with Crippen LogP contribution in [0.25, 0.3) is 99.9 Å². The first-order chi connectivity index (χ1) is 24.8. The van der Waals surface area contributed by atoms with E-state index in [2.05, 4.69) is 136 Å². The largest absolute Gasteiger partial charge is 0.293 e. The van der Waals surface area contributed by atoms with E-state index in [1.807, 2.05) is 30.5 Å². The van der Waals surface area contributed by atoms with E-state index >= 15 is 0 Å². The number of fused-ring (bicyclic) bond motifs is 9. The van der Waals surface area contributed by atoms with E-state index in [1.54, 1.807) is 0 Å². The summed E-state index contributed by atoms with van der Waals surface area (Å²) in [7, 11) is 0. The molecule has 232 valence electrons. The molecule has 50 heavy (non-hydrogen) atoms. The summed E-state index contributed by atoms with van der Waals surface area (Å²) in [6, 6.07) is 52.9. The maximum absolute atomic E-state index is 5.25. The summed E-state index contributed by atoms with van der Waals surface area (Å²) in [6.07, 6.45) is 1.88. The molecule has 0 saturated carbocycles. The highest BCUT2D eigenvalue weighted by Crippen LogP contribution is 2.41. The van der Waals surface area contributed by atoms with Crippen LogP contribution in [0.3, 0.4) is 0 Å². The Hall–Kier alpha value is -6.92. The molecule has 6 nitrogen and oxygen atoms in total. The number of hydrogen-bond acceptors (Lipinski definition) is 4. The summed E-state index contributed by atoms with van der Waals surface area (Å²) < 4.78 is 4.48. The zero-order chi connectivity index (χ0) is 32.8. The molecule has 0 spiro atoms. The number of hydrogen-bond donors (Lipinski definition) is 0. The molecule has 11 rings (SSSR count). The van der Waals surface area contributed by atoms with Crippen LogP contribution in [0.15, 0.2) is 158 Å². The molecule has 0 unspecified atom stereocenters. The lowest BCUT2D eigenvalue weighted by molar-refractivity contribution is 0.953. The van der Waals surface area contributed by atoms with E-state index in [1.165, 1.54) is 21.7 Å². The predicted octanol–water partition coefficient (Wildman–Crippen LogP) is 10.5. The summed E-state index contributed by atoms with van der Waals surface area (Å²) in [5, 5.41) is 7.15. The minimum absolute atomic E-state index is 0.581. The van der Waals surface area contributed by atoms with Gasteiger partial charge in [0.25, 0.3) is 0 Å². The zero-order valence-electron chi connectivity index (χ0n) is 26.7. The van der Waals surface area contributed by atoms with Crippen LogP contribution in [0.1, 0.15) is 0 Å². The van der Waals surface area contributed by atoms with Gasteiger partial charge in [-0.3, -0.25) is 8.97 Å². The topological polar surface area (TPSA) is 60.9 Å². The standard InChI is InChI=1S/C44H26N6/c1-2-12-27(13-3-1)41-46-42(48-44(47-41)49-37-21-8-6-15-30(37)31-16-7-9-22-38(31)49)35-17-5-4-14-29(35)28-23-24-32-33-18-10-19-34-36-20-11-25-45-43(36)50(40(33)34)39(32)26-28/h1-26H. The van der Waals surface area contributed by atoms with Crippen LogP contribution in [0.4, 0.5) is 0 Å². The Kier molecular flexibility index (Phi) is 5.57. The number of aromatic nitrogens is 6. The van der Waals surface area contributed by atoms with Gasteiger partial charge in [-0.05, 0) is 41.5 Å². The molecule has 0 aliphatic rings. The van der Waals surface area contributed by atoms with Gasteiger partial charge in [-0.15, -0.1) is 0 Å². The molecule has 0 aliphatic heterocycles. The van der Waals surface area contributed by atoms with E-state index in [0.717, 1.165) is 60.6 Å². The first-order valence-corrected chi connectivity index (χ1v) is 16.7. The van der Waals surface area contributed by atoms with Crippen molar-refractivity contribution in [1.82, 2.24) is 28.9 Å². The smallest absolute Gasteiger partial charge is 0.238 e. The van der Waals surface area contributed by atoms with Crippen molar-refractivity contribution >= 4 is 60.0 Å². The molecule has 0 N–H and O–H groups in total. The van der Waals surface area contributed by atoms with Gasteiger partial charge in [-0.2, -0.15) is 9.97 Å². The fraction of sp³-hybridized carbons (Fsp3) is 0. The van der Waals surface area contributed by atoms with E-state index in [9.17, 15) is 0 Å². The van der Waals surface area contributed by atoms with Crippen molar-refractivity contribution in [3.63, 3.8) is 0 Å². The summed E-state index contributed by atoms with van der Waals surface area (Å²) in [5.74, 6) is 1.82. The van der Waals surface area contributed by atoms with Gasteiger partial charge in [0.2, 0.25) is 5.95 Å². The van der Waals surface area contributed by atoms with Crippen molar-refractivity contribution in [2.45, 2.75) is 0 Å². The second-order valence-corrected chi connectivity index (χ2v) is 12.7. The Bertz CT molecular complexity index is 3050. The molecule has 0 saturated heterocycles. The molecule has 0 fully saturated rings. The van der Waals surface area contributed by atoms with Gasteiger partial charge in [-0.1, -0.05) is 121 Å². The SMILES string of the molecule is c1ccc(-c2nc(-c3ccccc3-c3ccc4c5cccc6c7cccnc7n(c4c3)c56)nc(-n3c4ccccc4c4ccccc43)n2)cc1. The van der Waals surface area contributed by atoms with E-state index in [-0.39, 0.29) is 0 Å². The Balaban J connectivity index is 1.17. The lowest BCUT2D eigenvalue weighted by atomic mass is 9.97. The summed E-state index contributed by atoms with van der Waals surface area (Å²) in [6.45, 7) is 0. The highest BCUT2D eigenvalue weighted by molar-refractivity contribution is 6.23. The lowest BCUT2D eigenvalue weighted by Crippen LogP contribution is -2.06. The first kappa shape index (κ1) is 27.1. The molecule has 6 aromatic carbocycles. The number of rotatable bonds is 4. The van der Waals surface area contributed by atoms with Crippen molar-refractivity contribution < 1.29 is 0 Å². The Morgan fingerprint density at radius 1 is 0.400 bits per heavy atom. The fourth-order valence-corrected chi connectivity index (χ4v) is 7.83. The molecular weight excluding hydrogens is 613 g/mol. The molecule has 5 heterocycles.